The van der Waals surface area contributed by atoms with Crippen LogP contribution in [-0.2, 0) is 6.54 Å². The van der Waals surface area contributed by atoms with E-state index in [1.807, 2.05) is 18.2 Å². The fraction of sp³-hybridized carbons (Fsp3) is 0.273. The molecule has 0 unspecified atom stereocenters. The maximum atomic E-state index is 10.9. The zero-order valence-electron chi connectivity index (χ0n) is 8.23. The first kappa shape index (κ1) is 8.47. The topological polar surface area (TPSA) is 46.9 Å². The first-order chi connectivity index (χ1) is 7.40. The number of aryl methyl sites for hydroxylation is 1. The highest BCUT2D eigenvalue weighted by molar-refractivity contribution is 5.95. The van der Waals surface area contributed by atoms with Crippen molar-refractivity contribution in [3.63, 3.8) is 0 Å². The standard InChI is InChI=1S/C11H11N3O/c15-7-8-3-1-4-9-10(8)14-6-2-5-12-11(14)13-9/h1,3-4,7H,2,5-6H2,(H,12,13). The van der Waals surface area contributed by atoms with Gasteiger partial charge in [-0.15, -0.1) is 0 Å². The molecule has 0 bridgehead atoms. The summed E-state index contributed by atoms with van der Waals surface area (Å²) in [4.78, 5) is 15.4. The summed E-state index contributed by atoms with van der Waals surface area (Å²) >= 11 is 0. The molecule has 0 saturated carbocycles. The van der Waals surface area contributed by atoms with E-state index in [-0.39, 0.29) is 0 Å². The predicted molar refractivity (Wildman–Crippen MR) is 58.2 cm³/mol. The summed E-state index contributed by atoms with van der Waals surface area (Å²) in [5.74, 6) is 0.880. The molecule has 1 aromatic carbocycles. The first-order valence-electron chi connectivity index (χ1n) is 5.08. The van der Waals surface area contributed by atoms with Gasteiger partial charge in [0.2, 0.25) is 5.95 Å². The largest absolute Gasteiger partial charge is 0.356 e. The quantitative estimate of drug-likeness (QED) is 0.714. The van der Waals surface area contributed by atoms with Gasteiger partial charge in [0.1, 0.15) is 0 Å². The van der Waals surface area contributed by atoms with Crippen LogP contribution in [0.25, 0.3) is 11.0 Å². The van der Waals surface area contributed by atoms with Crippen molar-refractivity contribution < 1.29 is 4.79 Å². The van der Waals surface area contributed by atoms with Gasteiger partial charge in [-0.25, -0.2) is 4.98 Å². The molecule has 0 atom stereocenters. The first-order valence-corrected chi connectivity index (χ1v) is 5.08. The highest BCUT2D eigenvalue weighted by atomic mass is 16.1. The average Bonchev–Trinajstić information content (AvgIpc) is 2.67. The molecule has 1 aliphatic rings. The van der Waals surface area contributed by atoms with Gasteiger partial charge in [-0.2, -0.15) is 0 Å². The summed E-state index contributed by atoms with van der Waals surface area (Å²) in [5.41, 5.74) is 2.56. The van der Waals surface area contributed by atoms with Gasteiger partial charge in [0.05, 0.1) is 11.0 Å². The Morgan fingerprint density at radius 3 is 3.27 bits per heavy atom. The lowest BCUT2D eigenvalue weighted by Crippen LogP contribution is -2.17. The summed E-state index contributed by atoms with van der Waals surface area (Å²) in [7, 11) is 0. The van der Waals surface area contributed by atoms with Crippen LogP contribution in [0.2, 0.25) is 0 Å². The van der Waals surface area contributed by atoms with E-state index in [9.17, 15) is 4.79 Å². The van der Waals surface area contributed by atoms with Crippen LogP contribution >= 0.6 is 0 Å². The van der Waals surface area contributed by atoms with E-state index in [2.05, 4.69) is 14.9 Å². The highest BCUT2D eigenvalue weighted by Crippen LogP contribution is 2.24. The number of nitrogens with one attached hydrogen (secondary N) is 1. The SMILES string of the molecule is O=Cc1cccc2nc3n(c12)CCCN3. The van der Waals surface area contributed by atoms with Crippen molar-refractivity contribution >= 4 is 23.3 Å². The summed E-state index contributed by atoms with van der Waals surface area (Å²) < 4.78 is 2.09. The molecule has 2 heterocycles. The normalized spacial score (nSPS) is 14.7. The number of anilines is 1. The van der Waals surface area contributed by atoms with E-state index in [0.717, 1.165) is 48.3 Å². The van der Waals surface area contributed by atoms with Gasteiger partial charge < -0.3 is 9.88 Å². The molecule has 76 valence electrons. The number of para-hydroxylation sites is 1. The molecule has 0 radical (unpaired) electrons. The van der Waals surface area contributed by atoms with Crippen LogP contribution < -0.4 is 5.32 Å². The molecular formula is C11H11N3O. The number of carbonyl (C=O) groups is 1. The Hall–Kier alpha value is -1.84. The van der Waals surface area contributed by atoms with Crippen LogP contribution in [-0.4, -0.2) is 22.4 Å². The molecular weight excluding hydrogens is 190 g/mol. The number of aldehydes is 1. The predicted octanol–water partition coefficient (Wildman–Crippen LogP) is 1.66. The third-order valence-corrected chi connectivity index (χ3v) is 2.77. The van der Waals surface area contributed by atoms with Crippen molar-refractivity contribution in [2.24, 2.45) is 0 Å². The molecule has 1 aliphatic heterocycles. The summed E-state index contributed by atoms with van der Waals surface area (Å²) in [6.45, 7) is 1.89. The van der Waals surface area contributed by atoms with Crippen LogP contribution in [0.1, 0.15) is 16.8 Å². The smallest absolute Gasteiger partial charge is 0.203 e. The van der Waals surface area contributed by atoms with Crippen molar-refractivity contribution in [2.45, 2.75) is 13.0 Å². The van der Waals surface area contributed by atoms with Gasteiger partial charge in [0.15, 0.2) is 6.29 Å². The van der Waals surface area contributed by atoms with Crippen LogP contribution in [0.5, 0.6) is 0 Å². The van der Waals surface area contributed by atoms with E-state index in [1.165, 1.54) is 0 Å². The molecule has 1 aromatic heterocycles. The monoisotopic (exact) mass is 201 g/mol. The summed E-state index contributed by atoms with van der Waals surface area (Å²) in [5, 5.41) is 3.24. The third kappa shape index (κ3) is 1.14. The second-order valence-corrected chi connectivity index (χ2v) is 3.70. The van der Waals surface area contributed by atoms with Crippen molar-refractivity contribution in [1.29, 1.82) is 0 Å². The zero-order valence-corrected chi connectivity index (χ0v) is 8.23. The van der Waals surface area contributed by atoms with Crippen molar-refractivity contribution in [1.82, 2.24) is 9.55 Å². The number of aromatic nitrogens is 2. The Kier molecular flexibility index (Phi) is 1.74. The molecule has 0 saturated heterocycles. The van der Waals surface area contributed by atoms with Crippen LogP contribution in [0.3, 0.4) is 0 Å². The van der Waals surface area contributed by atoms with E-state index >= 15 is 0 Å². The lowest BCUT2D eigenvalue weighted by molar-refractivity contribution is 0.112. The zero-order chi connectivity index (χ0) is 10.3. The number of carbonyl (C=O) groups excluding carboxylic acids is 1. The van der Waals surface area contributed by atoms with Crippen molar-refractivity contribution in [3.05, 3.63) is 23.8 Å². The molecule has 1 N–H and O–H groups in total. The molecule has 0 amide bonds. The Balaban J connectivity index is 2.38. The second-order valence-electron chi connectivity index (χ2n) is 3.70. The number of fused-ring (bicyclic) bond motifs is 3. The van der Waals surface area contributed by atoms with E-state index < -0.39 is 0 Å². The van der Waals surface area contributed by atoms with Gasteiger partial charge in [0.25, 0.3) is 0 Å². The van der Waals surface area contributed by atoms with Crippen LogP contribution in [0.4, 0.5) is 5.95 Å². The molecule has 2 aromatic rings. The molecule has 0 aliphatic carbocycles. The van der Waals surface area contributed by atoms with E-state index in [1.54, 1.807) is 0 Å². The number of nitrogens with zero attached hydrogens (tertiary/aromatic N) is 2. The number of hydrogen-bond donors (Lipinski definition) is 1. The average molecular weight is 201 g/mol. The van der Waals surface area contributed by atoms with Crippen LogP contribution in [0, 0.1) is 0 Å². The van der Waals surface area contributed by atoms with E-state index in [0.29, 0.717) is 0 Å². The molecule has 0 fully saturated rings. The minimum absolute atomic E-state index is 0.718. The maximum absolute atomic E-state index is 10.9. The third-order valence-electron chi connectivity index (χ3n) is 2.77. The van der Waals surface area contributed by atoms with Gasteiger partial charge >= 0.3 is 0 Å². The maximum Gasteiger partial charge on any atom is 0.203 e. The molecule has 4 heteroatoms. The Bertz CT molecular complexity index is 530. The second kappa shape index (κ2) is 3.08. The van der Waals surface area contributed by atoms with E-state index in [4.69, 9.17) is 0 Å². The minimum atomic E-state index is 0.718. The summed E-state index contributed by atoms with van der Waals surface area (Å²) in [6, 6.07) is 5.64. The fourth-order valence-corrected chi connectivity index (χ4v) is 2.10. The number of imidazole rings is 1. The van der Waals surface area contributed by atoms with Gasteiger partial charge in [-0.1, -0.05) is 6.07 Å². The number of rotatable bonds is 1. The number of hydrogen-bond acceptors (Lipinski definition) is 3. The summed E-state index contributed by atoms with van der Waals surface area (Å²) in [6.07, 6.45) is 1.97. The minimum Gasteiger partial charge on any atom is -0.356 e. The lowest BCUT2D eigenvalue weighted by Gasteiger charge is -2.16. The molecule has 4 nitrogen and oxygen atoms in total. The lowest BCUT2D eigenvalue weighted by atomic mass is 10.2. The Morgan fingerprint density at radius 1 is 1.47 bits per heavy atom. The van der Waals surface area contributed by atoms with Crippen molar-refractivity contribution in [2.75, 3.05) is 11.9 Å². The molecule has 3 rings (SSSR count). The Labute approximate surface area is 86.9 Å². The molecule has 15 heavy (non-hydrogen) atoms. The van der Waals surface area contributed by atoms with Gasteiger partial charge in [0, 0.05) is 18.7 Å². The number of benzene rings is 1. The van der Waals surface area contributed by atoms with Crippen molar-refractivity contribution in [3.8, 4) is 0 Å². The highest BCUT2D eigenvalue weighted by Gasteiger charge is 2.15. The van der Waals surface area contributed by atoms with Crippen LogP contribution in [0.15, 0.2) is 18.2 Å². The van der Waals surface area contributed by atoms with Gasteiger partial charge in [-0.05, 0) is 18.6 Å². The Morgan fingerprint density at radius 2 is 2.40 bits per heavy atom. The van der Waals surface area contributed by atoms with Gasteiger partial charge in [-0.3, -0.25) is 4.79 Å². The molecule has 0 spiro atoms. The fourth-order valence-electron chi connectivity index (χ4n) is 2.10.